The van der Waals surface area contributed by atoms with Gasteiger partial charge in [-0.15, -0.1) is 0 Å². The van der Waals surface area contributed by atoms with Crippen LogP contribution < -0.4 is 11.1 Å². The Kier molecular flexibility index (Phi) is 4.34. The summed E-state index contributed by atoms with van der Waals surface area (Å²) in [5.41, 5.74) is 5.92. The SMILES string of the molecule is Nc1ccc(F)c(F)c1NC(=O)Cc1cccc(Br)c1. The van der Waals surface area contributed by atoms with Crippen LogP contribution in [0, 0.1) is 11.6 Å². The van der Waals surface area contributed by atoms with Crippen LogP contribution in [0.25, 0.3) is 0 Å². The van der Waals surface area contributed by atoms with E-state index in [0.29, 0.717) is 0 Å². The fourth-order valence-corrected chi connectivity index (χ4v) is 2.16. The molecule has 0 saturated carbocycles. The molecule has 1 amide bonds. The quantitative estimate of drug-likeness (QED) is 0.840. The molecule has 0 fully saturated rings. The second-order valence-corrected chi connectivity index (χ2v) is 5.10. The summed E-state index contributed by atoms with van der Waals surface area (Å²) in [5, 5.41) is 2.29. The van der Waals surface area contributed by atoms with Crippen molar-refractivity contribution in [3.63, 3.8) is 0 Å². The van der Waals surface area contributed by atoms with Gasteiger partial charge in [0, 0.05) is 4.47 Å². The number of hydrogen-bond donors (Lipinski definition) is 2. The maximum absolute atomic E-state index is 13.5. The van der Waals surface area contributed by atoms with E-state index in [1.165, 1.54) is 6.07 Å². The molecule has 2 aromatic rings. The van der Waals surface area contributed by atoms with E-state index < -0.39 is 17.5 Å². The summed E-state index contributed by atoms with van der Waals surface area (Å²) < 4.78 is 27.5. The molecule has 0 unspecified atom stereocenters. The summed E-state index contributed by atoms with van der Waals surface area (Å²) in [4.78, 5) is 11.8. The molecule has 0 bridgehead atoms. The molecule has 3 N–H and O–H groups in total. The van der Waals surface area contributed by atoms with Crippen LogP contribution in [0.1, 0.15) is 5.56 Å². The Morgan fingerprint density at radius 3 is 2.70 bits per heavy atom. The largest absolute Gasteiger partial charge is 0.397 e. The Labute approximate surface area is 122 Å². The number of rotatable bonds is 3. The van der Waals surface area contributed by atoms with Crippen LogP contribution in [0.4, 0.5) is 20.2 Å². The predicted octanol–water partition coefficient (Wildman–Crippen LogP) is 3.49. The molecule has 0 heterocycles. The smallest absolute Gasteiger partial charge is 0.228 e. The number of nitrogens with one attached hydrogen (secondary N) is 1. The van der Waals surface area contributed by atoms with Crippen molar-refractivity contribution in [1.82, 2.24) is 0 Å². The number of hydrogen-bond acceptors (Lipinski definition) is 2. The predicted molar refractivity (Wildman–Crippen MR) is 77.2 cm³/mol. The topological polar surface area (TPSA) is 55.1 Å². The fraction of sp³-hybridized carbons (Fsp3) is 0.0714. The van der Waals surface area contributed by atoms with E-state index in [4.69, 9.17) is 5.73 Å². The highest BCUT2D eigenvalue weighted by atomic mass is 79.9. The van der Waals surface area contributed by atoms with Crippen LogP contribution in [0.3, 0.4) is 0 Å². The zero-order valence-corrected chi connectivity index (χ0v) is 11.9. The monoisotopic (exact) mass is 340 g/mol. The summed E-state index contributed by atoms with van der Waals surface area (Å²) in [6.45, 7) is 0. The molecule has 0 aliphatic heterocycles. The van der Waals surface area contributed by atoms with Gasteiger partial charge in [-0.3, -0.25) is 4.79 Å². The maximum atomic E-state index is 13.5. The van der Waals surface area contributed by atoms with Gasteiger partial charge >= 0.3 is 0 Å². The van der Waals surface area contributed by atoms with Gasteiger partial charge in [0.15, 0.2) is 11.6 Å². The maximum Gasteiger partial charge on any atom is 0.228 e. The molecule has 104 valence electrons. The normalized spacial score (nSPS) is 10.3. The molecule has 6 heteroatoms. The number of halogens is 3. The van der Waals surface area contributed by atoms with Crippen LogP contribution in [-0.2, 0) is 11.2 Å². The van der Waals surface area contributed by atoms with E-state index in [9.17, 15) is 13.6 Å². The molecule has 0 aliphatic rings. The number of carbonyl (C=O) groups excluding carboxylic acids is 1. The highest BCUT2D eigenvalue weighted by Crippen LogP contribution is 2.24. The number of benzene rings is 2. The molecule has 0 atom stereocenters. The highest BCUT2D eigenvalue weighted by Gasteiger charge is 2.14. The lowest BCUT2D eigenvalue weighted by Gasteiger charge is -2.10. The van der Waals surface area contributed by atoms with Crippen LogP contribution >= 0.6 is 15.9 Å². The minimum atomic E-state index is -1.16. The molecule has 0 aromatic heterocycles. The van der Waals surface area contributed by atoms with Gasteiger partial charge in [0.05, 0.1) is 12.1 Å². The standard InChI is InChI=1S/C14H11BrF2N2O/c15-9-3-1-2-8(6-9)7-12(20)19-14-11(18)5-4-10(16)13(14)17/h1-6H,7,18H2,(H,19,20). The zero-order chi connectivity index (χ0) is 14.7. The zero-order valence-electron chi connectivity index (χ0n) is 10.3. The van der Waals surface area contributed by atoms with E-state index in [1.54, 1.807) is 18.2 Å². The highest BCUT2D eigenvalue weighted by molar-refractivity contribution is 9.10. The lowest BCUT2D eigenvalue weighted by atomic mass is 10.1. The van der Waals surface area contributed by atoms with Crippen molar-refractivity contribution in [2.75, 3.05) is 11.1 Å². The van der Waals surface area contributed by atoms with E-state index in [2.05, 4.69) is 21.2 Å². The van der Waals surface area contributed by atoms with E-state index in [1.807, 2.05) is 6.07 Å². The lowest BCUT2D eigenvalue weighted by Crippen LogP contribution is -2.17. The molecule has 0 spiro atoms. The fourth-order valence-electron chi connectivity index (χ4n) is 1.71. The molecule has 20 heavy (non-hydrogen) atoms. The van der Waals surface area contributed by atoms with E-state index in [0.717, 1.165) is 16.1 Å². The number of anilines is 2. The Morgan fingerprint density at radius 1 is 1.25 bits per heavy atom. The average molecular weight is 341 g/mol. The summed E-state index contributed by atoms with van der Waals surface area (Å²) in [7, 11) is 0. The molecular formula is C14H11BrF2N2O. The summed E-state index contributed by atoms with van der Waals surface area (Å²) in [6, 6.07) is 9.25. The van der Waals surface area contributed by atoms with Gasteiger partial charge in [0.1, 0.15) is 5.69 Å². The van der Waals surface area contributed by atoms with Gasteiger partial charge in [-0.1, -0.05) is 28.1 Å². The van der Waals surface area contributed by atoms with Crippen molar-refractivity contribution < 1.29 is 13.6 Å². The number of amides is 1. The number of nitrogen functional groups attached to an aromatic ring is 1. The van der Waals surface area contributed by atoms with Crippen molar-refractivity contribution in [2.45, 2.75) is 6.42 Å². The first-order chi connectivity index (χ1) is 9.47. The first-order valence-electron chi connectivity index (χ1n) is 5.75. The first kappa shape index (κ1) is 14.5. The van der Waals surface area contributed by atoms with Crippen molar-refractivity contribution in [3.05, 3.63) is 58.1 Å². The van der Waals surface area contributed by atoms with E-state index in [-0.39, 0.29) is 17.8 Å². The molecule has 0 saturated heterocycles. The molecule has 0 aliphatic carbocycles. The van der Waals surface area contributed by atoms with Crippen LogP contribution in [0.15, 0.2) is 40.9 Å². The third-order valence-electron chi connectivity index (χ3n) is 2.65. The van der Waals surface area contributed by atoms with Gasteiger partial charge in [-0.25, -0.2) is 8.78 Å². The Morgan fingerprint density at radius 2 is 2.00 bits per heavy atom. The van der Waals surface area contributed by atoms with Gasteiger partial charge in [0.25, 0.3) is 0 Å². The van der Waals surface area contributed by atoms with Crippen LogP contribution in [0.5, 0.6) is 0 Å². The van der Waals surface area contributed by atoms with Crippen molar-refractivity contribution in [3.8, 4) is 0 Å². The number of carbonyl (C=O) groups is 1. The van der Waals surface area contributed by atoms with Crippen molar-refractivity contribution in [1.29, 1.82) is 0 Å². The second-order valence-electron chi connectivity index (χ2n) is 4.18. The lowest BCUT2D eigenvalue weighted by molar-refractivity contribution is -0.115. The molecule has 0 radical (unpaired) electrons. The summed E-state index contributed by atoms with van der Waals surface area (Å²) >= 11 is 3.29. The van der Waals surface area contributed by atoms with Gasteiger partial charge in [0.2, 0.25) is 5.91 Å². The first-order valence-corrected chi connectivity index (χ1v) is 6.54. The van der Waals surface area contributed by atoms with E-state index >= 15 is 0 Å². The number of nitrogens with two attached hydrogens (primary N) is 1. The molecular weight excluding hydrogens is 330 g/mol. The third-order valence-corrected chi connectivity index (χ3v) is 3.14. The Hall–Kier alpha value is -1.95. The third kappa shape index (κ3) is 3.33. The van der Waals surface area contributed by atoms with Crippen LogP contribution in [0.2, 0.25) is 0 Å². The summed E-state index contributed by atoms with van der Waals surface area (Å²) in [5.74, 6) is -2.69. The Bertz CT molecular complexity index is 662. The summed E-state index contributed by atoms with van der Waals surface area (Å²) in [6.07, 6.45) is 0.0365. The molecule has 2 rings (SSSR count). The van der Waals surface area contributed by atoms with Crippen molar-refractivity contribution >= 4 is 33.2 Å². The Balaban J connectivity index is 2.15. The molecule has 2 aromatic carbocycles. The minimum absolute atomic E-state index is 0.0218. The van der Waals surface area contributed by atoms with Crippen LogP contribution in [-0.4, -0.2) is 5.91 Å². The van der Waals surface area contributed by atoms with Crippen molar-refractivity contribution in [2.24, 2.45) is 0 Å². The van der Waals surface area contributed by atoms with Gasteiger partial charge < -0.3 is 11.1 Å². The second kappa shape index (κ2) is 6.00. The molecule has 3 nitrogen and oxygen atoms in total. The van der Waals surface area contributed by atoms with Gasteiger partial charge in [-0.05, 0) is 29.8 Å². The van der Waals surface area contributed by atoms with Gasteiger partial charge in [-0.2, -0.15) is 0 Å². The minimum Gasteiger partial charge on any atom is -0.397 e. The average Bonchev–Trinajstić information content (AvgIpc) is 2.39.